The molecular weight excluding hydrogens is 214 g/mol. The quantitative estimate of drug-likeness (QED) is 0.861. The Morgan fingerprint density at radius 3 is 2.38 bits per heavy atom. The highest BCUT2D eigenvalue weighted by Crippen LogP contribution is 2.30. The molecule has 0 spiro atoms. The van der Waals surface area contributed by atoms with E-state index in [9.17, 15) is 8.78 Å². The van der Waals surface area contributed by atoms with Gasteiger partial charge in [-0.1, -0.05) is 19.9 Å². The summed E-state index contributed by atoms with van der Waals surface area (Å²) in [6.45, 7) is 5.01. The van der Waals surface area contributed by atoms with Crippen LogP contribution in [0.25, 0.3) is 0 Å². The number of hydrogen-bond donors (Lipinski definition) is 1. The first-order valence-corrected chi connectivity index (χ1v) is 5.16. The van der Waals surface area contributed by atoms with E-state index in [-0.39, 0.29) is 24.5 Å². The average Bonchev–Trinajstić information content (AvgIpc) is 2.25. The van der Waals surface area contributed by atoms with Gasteiger partial charge >= 0.3 is 0 Å². The summed E-state index contributed by atoms with van der Waals surface area (Å²) in [5.41, 5.74) is -0.661. The van der Waals surface area contributed by atoms with Gasteiger partial charge in [0.2, 0.25) is 5.82 Å². The number of aliphatic hydroxyl groups excluding tert-OH is 1. The maximum absolute atomic E-state index is 13.7. The summed E-state index contributed by atoms with van der Waals surface area (Å²) in [7, 11) is 0. The predicted octanol–water partition coefficient (Wildman–Crippen LogP) is 2.63. The Bertz CT molecular complexity index is 376. The van der Waals surface area contributed by atoms with E-state index in [1.165, 1.54) is 12.1 Å². The second-order valence-electron chi connectivity index (χ2n) is 4.21. The number of aliphatic hydroxyl groups is 1. The van der Waals surface area contributed by atoms with Crippen molar-refractivity contribution in [3.05, 3.63) is 29.3 Å². The van der Waals surface area contributed by atoms with Gasteiger partial charge in [-0.05, 0) is 18.6 Å². The van der Waals surface area contributed by atoms with Crippen molar-refractivity contribution < 1.29 is 18.6 Å². The van der Waals surface area contributed by atoms with E-state index in [0.29, 0.717) is 0 Å². The maximum atomic E-state index is 13.7. The fraction of sp³-hybridized carbons (Fsp3) is 0.500. The first-order valence-electron chi connectivity index (χ1n) is 5.16. The van der Waals surface area contributed by atoms with E-state index in [1.54, 1.807) is 20.8 Å². The second-order valence-corrected chi connectivity index (χ2v) is 4.21. The molecule has 0 aromatic heterocycles. The molecule has 0 amide bonds. The Labute approximate surface area is 93.9 Å². The molecule has 1 aromatic rings. The van der Waals surface area contributed by atoms with Gasteiger partial charge in [0.05, 0.1) is 13.2 Å². The molecule has 16 heavy (non-hydrogen) atoms. The van der Waals surface area contributed by atoms with Crippen LogP contribution in [0.1, 0.15) is 26.3 Å². The molecule has 0 radical (unpaired) electrons. The predicted molar refractivity (Wildman–Crippen MR) is 57.6 cm³/mol. The molecular formula is C12H16F2O2. The summed E-state index contributed by atoms with van der Waals surface area (Å²) in [4.78, 5) is 0. The molecule has 1 rings (SSSR count). The molecule has 1 aromatic carbocycles. The van der Waals surface area contributed by atoms with Crippen LogP contribution >= 0.6 is 0 Å². The van der Waals surface area contributed by atoms with Crippen LogP contribution in [0.4, 0.5) is 8.78 Å². The van der Waals surface area contributed by atoms with Crippen molar-refractivity contribution in [3.8, 4) is 5.75 Å². The molecule has 0 fully saturated rings. The van der Waals surface area contributed by atoms with Crippen LogP contribution < -0.4 is 4.74 Å². The van der Waals surface area contributed by atoms with Crippen molar-refractivity contribution in [2.75, 3.05) is 13.2 Å². The third-order valence-electron chi connectivity index (χ3n) is 2.47. The Hall–Kier alpha value is -1.16. The molecule has 4 heteroatoms. The maximum Gasteiger partial charge on any atom is 0.200 e. The van der Waals surface area contributed by atoms with Gasteiger partial charge in [0.15, 0.2) is 11.6 Å². The summed E-state index contributed by atoms with van der Waals surface area (Å²) in [6.07, 6.45) is 0. The molecule has 0 bridgehead atoms. The van der Waals surface area contributed by atoms with E-state index < -0.39 is 17.0 Å². The number of halogens is 2. The van der Waals surface area contributed by atoms with Crippen molar-refractivity contribution in [2.45, 2.75) is 26.2 Å². The minimum Gasteiger partial charge on any atom is -0.491 e. The molecule has 0 aliphatic heterocycles. The van der Waals surface area contributed by atoms with Crippen LogP contribution in [0.2, 0.25) is 0 Å². The van der Waals surface area contributed by atoms with Gasteiger partial charge < -0.3 is 9.84 Å². The molecule has 1 N–H and O–H groups in total. The van der Waals surface area contributed by atoms with Crippen LogP contribution in [-0.2, 0) is 5.41 Å². The minimum absolute atomic E-state index is 0.0995. The van der Waals surface area contributed by atoms with Crippen LogP contribution in [0.5, 0.6) is 5.75 Å². The van der Waals surface area contributed by atoms with Crippen LogP contribution in [0.3, 0.4) is 0 Å². The van der Waals surface area contributed by atoms with Crippen molar-refractivity contribution in [1.29, 1.82) is 0 Å². The van der Waals surface area contributed by atoms with Gasteiger partial charge in [-0.15, -0.1) is 0 Å². The summed E-state index contributed by atoms with van der Waals surface area (Å²) in [6, 6.07) is 2.83. The van der Waals surface area contributed by atoms with Crippen molar-refractivity contribution >= 4 is 0 Å². The highest BCUT2D eigenvalue weighted by atomic mass is 19.2. The molecule has 0 atom stereocenters. The van der Waals surface area contributed by atoms with Crippen LogP contribution in [0, 0.1) is 11.6 Å². The van der Waals surface area contributed by atoms with E-state index in [2.05, 4.69) is 0 Å². The highest BCUT2D eigenvalue weighted by molar-refractivity contribution is 5.35. The molecule has 0 aliphatic carbocycles. The monoisotopic (exact) mass is 230 g/mol. The zero-order valence-electron chi connectivity index (χ0n) is 9.68. The topological polar surface area (TPSA) is 29.5 Å². The zero-order chi connectivity index (χ0) is 12.3. The Morgan fingerprint density at radius 1 is 1.25 bits per heavy atom. The van der Waals surface area contributed by atoms with Crippen molar-refractivity contribution in [2.24, 2.45) is 0 Å². The third kappa shape index (κ3) is 2.32. The number of ether oxygens (including phenoxy) is 1. The van der Waals surface area contributed by atoms with Gasteiger partial charge in [-0.25, -0.2) is 4.39 Å². The Balaban J connectivity index is 3.21. The molecule has 0 unspecified atom stereocenters. The second kappa shape index (κ2) is 4.78. The fourth-order valence-electron chi connectivity index (χ4n) is 1.41. The first-order chi connectivity index (χ1) is 7.44. The first kappa shape index (κ1) is 12.9. The Morgan fingerprint density at radius 2 is 1.88 bits per heavy atom. The lowest BCUT2D eigenvalue weighted by atomic mass is 9.85. The van der Waals surface area contributed by atoms with Crippen molar-refractivity contribution in [3.63, 3.8) is 0 Å². The Kier molecular flexibility index (Phi) is 3.86. The van der Waals surface area contributed by atoms with Gasteiger partial charge in [0.1, 0.15) is 0 Å². The lowest BCUT2D eigenvalue weighted by Crippen LogP contribution is -2.24. The SMILES string of the molecule is CCOc1ccc(C(C)(C)CO)c(F)c1F. The molecule has 2 nitrogen and oxygen atoms in total. The summed E-state index contributed by atoms with van der Waals surface area (Å²) < 4.78 is 32.2. The molecule has 0 saturated heterocycles. The normalized spacial score (nSPS) is 11.6. The summed E-state index contributed by atoms with van der Waals surface area (Å²) >= 11 is 0. The van der Waals surface area contributed by atoms with Crippen molar-refractivity contribution in [1.82, 2.24) is 0 Å². The lowest BCUT2D eigenvalue weighted by molar-refractivity contribution is 0.213. The van der Waals surface area contributed by atoms with Gasteiger partial charge in [-0.3, -0.25) is 0 Å². The molecule has 0 aliphatic rings. The fourth-order valence-corrected chi connectivity index (χ4v) is 1.41. The van der Waals surface area contributed by atoms with E-state index in [1.807, 2.05) is 0 Å². The third-order valence-corrected chi connectivity index (χ3v) is 2.47. The summed E-state index contributed by atoms with van der Waals surface area (Å²) in [5, 5.41) is 9.12. The average molecular weight is 230 g/mol. The minimum atomic E-state index is -0.999. The van der Waals surface area contributed by atoms with E-state index in [0.717, 1.165) is 0 Å². The molecule has 90 valence electrons. The van der Waals surface area contributed by atoms with Crippen LogP contribution in [-0.4, -0.2) is 18.3 Å². The van der Waals surface area contributed by atoms with Crippen LogP contribution in [0.15, 0.2) is 12.1 Å². The van der Waals surface area contributed by atoms with Gasteiger partial charge in [0, 0.05) is 5.41 Å². The molecule has 0 heterocycles. The summed E-state index contributed by atoms with van der Waals surface area (Å²) in [5.74, 6) is -2.05. The number of benzene rings is 1. The van der Waals surface area contributed by atoms with Gasteiger partial charge in [0.25, 0.3) is 0 Å². The number of rotatable bonds is 4. The highest BCUT2D eigenvalue weighted by Gasteiger charge is 2.26. The van der Waals surface area contributed by atoms with E-state index >= 15 is 0 Å². The number of hydrogen-bond acceptors (Lipinski definition) is 2. The van der Waals surface area contributed by atoms with E-state index in [4.69, 9.17) is 9.84 Å². The zero-order valence-corrected chi connectivity index (χ0v) is 9.68. The standard InChI is InChI=1S/C12H16F2O2/c1-4-16-9-6-5-8(10(13)11(9)14)12(2,3)7-15/h5-6,15H,4,7H2,1-3H3. The molecule has 0 saturated carbocycles. The van der Waals surface area contributed by atoms with Gasteiger partial charge in [-0.2, -0.15) is 4.39 Å². The smallest absolute Gasteiger partial charge is 0.200 e. The lowest BCUT2D eigenvalue weighted by Gasteiger charge is -2.23. The largest absolute Gasteiger partial charge is 0.491 e.